The Kier molecular flexibility index (Phi) is 9.27. The zero-order chi connectivity index (χ0) is 27.2. The van der Waals surface area contributed by atoms with Gasteiger partial charge in [-0.2, -0.15) is 0 Å². The second-order valence-electron chi connectivity index (χ2n) is 9.46. The third-order valence-electron chi connectivity index (χ3n) is 7.02. The molecule has 38 heavy (non-hydrogen) atoms. The zero-order valence-corrected chi connectivity index (χ0v) is 21.8. The van der Waals surface area contributed by atoms with Crippen molar-refractivity contribution < 1.29 is 32.6 Å². The summed E-state index contributed by atoms with van der Waals surface area (Å²) in [6.45, 7) is 1.82. The molecule has 0 aliphatic carbocycles. The van der Waals surface area contributed by atoms with Gasteiger partial charge in [-0.3, -0.25) is 14.6 Å². The molecule has 3 aromatic rings. The summed E-state index contributed by atoms with van der Waals surface area (Å²) in [6, 6.07) is 8.31. The molecular formula is C28H29F3N2O4S. The molecule has 1 N–H and O–H groups in total. The van der Waals surface area contributed by atoms with Crippen LogP contribution in [0, 0.1) is 29.3 Å². The molecular weight excluding hydrogens is 517 g/mol. The normalized spacial score (nSPS) is 18.0. The van der Waals surface area contributed by atoms with Crippen LogP contribution in [0.15, 0.2) is 47.5 Å². The quantitative estimate of drug-likeness (QED) is 0.240. The fourth-order valence-corrected chi connectivity index (χ4v) is 6.04. The minimum Gasteiger partial charge on any atom is -0.497 e. The van der Waals surface area contributed by atoms with Crippen molar-refractivity contribution >= 4 is 34.4 Å². The van der Waals surface area contributed by atoms with Crippen molar-refractivity contribution in [2.24, 2.45) is 11.8 Å². The number of carbonyl (C=O) groups excluding carboxylic acids is 1. The minimum absolute atomic E-state index is 0.00897. The van der Waals surface area contributed by atoms with Gasteiger partial charge in [0, 0.05) is 42.0 Å². The van der Waals surface area contributed by atoms with Crippen molar-refractivity contribution in [1.82, 2.24) is 9.88 Å². The largest absolute Gasteiger partial charge is 0.497 e. The molecule has 1 aliphatic rings. The van der Waals surface area contributed by atoms with Crippen LogP contribution in [-0.2, 0) is 4.79 Å². The number of methoxy groups -OCH3 is 1. The number of halogens is 3. The highest BCUT2D eigenvalue weighted by Gasteiger charge is 2.31. The lowest BCUT2D eigenvalue weighted by Crippen LogP contribution is -2.42. The minimum atomic E-state index is -0.914. The van der Waals surface area contributed by atoms with Gasteiger partial charge in [-0.05, 0) is 67.6 Å². The molecule has 1 saturated heterocycles. The monoisotopic (exact) mass is 546 g/mol. The van der Waals surface area contributed by atoms with Gasteiger partial charge in [0.2, 0.25) is 0 Å². The number of carboxylic acids is 1. The van der Waals surface area contributed by atoms with Crippen molar-refractivity contribution in [2.45, 2.75) is 30.6 Å². The van der Waals surface area contributed by atoms with E-state index in [1.54, 1.807) is 18.2 Å². The molecule has 0 spiro atoms. The maximum absolute atomic E-state index is 14.7. The summed E-state index contributed by atoms with van der Waals surface area (Å²) in [6.07, 6.45) is 2.23. The summed E-state index contributed by atoms with van der Waals surface area (Å²) in [4.78, 5) is 31.1. The van der Waals surface area contributed by atoms with Crippen molar-refractivity contribution in [3.05, 3.63) is 65.6 Å². The van der Waals surface area contributed by atoms with Gasteiger partial charge in [-0.1, -0.05) is 0 Å². The number of piperidine rings is 1. The number of hydrogen-bond acceptors (Lipinski definition) is 6. The maximum atomic E-state index is 14.7. The fraction of sp³-hybridized carbons (Fsp3) is 0.393. The smallest absolute Gasteiger partial charge is 0.303 e. The van der Waals surface area contributed by atoms with Crippen molar-refractivity contribution in [2.75, 3.05) is 32.5 Å². The molecule has 4 rings (SSSR count). The number of carbonyl (C=O) groups is 2. The van der Waals surface area contributed by atoms with Gasteiger partial charge in [-0.15, -0.1) is 11.8 Å². The number of Topliss-reactive ketones (excluding diaryl/α,β-unsaturated/α-hetero) is 1. The van der Waals surface area contributed by atoms with Gasteiger partial charge in [-0.25, -0.2) is 13.2 Å². The molecule has 6 nitrogen and oxygen atoms in total. The number of rotatable bonds is 11. The third kappa shape index (κ3) is 6.85. The number of likely N-dealkylation sites (tertiary alicyclic amines) is 1. The van der Waals surface area contributed by atoms with E-state index in [1.165, 1.54) is 24.9 Å². The molecule has 1 aromatic heterocycles. The molecule has 2 aromatic carbocycles. The summed E-state index contributed by atoms with van der Waals surface area (Å²) in [5.74, 6) is -2.09. The van der Waals surface area contributed by atoms with E-state index in [9.17, 15) is 27.9 Å². The van der Waals surface area contributed by atoms with E-state index in [0.29, 0.717) is 54.9 Å². The molecule has 1 aliphatic heterocycles. The van der Waals surface area contributed by atoms with Crippen LogP contribution in [0.1, 0.15) is 36.0 Å². The predicted octanol–water partition coefficient (Wildman–Crippen LogP) is 5.83. The first kappa shape index (κ1) is 27.9. The zero-order valence-electron chi connectivity index (χ0n) is 21.0. The first-order valence-electron chi connectivity index (χ1n) is 12.4. The fourth-order valence-electron chi connectivity index (χ4n) is 5.07. The second-order valence-corrected chi connectivity index (χ2v) is 10.6. The van der Waals surface area contributed by atoms with E-state index in [4.69, 9.17) is 4.74 Å². The Labute approximate surface area is 223 Å². The topological polar surface area (TPSA) is 79.7 Å². The summed E-state index contributed by atoms with van der Waals surface area (Å²) in [5, 5.41) is 9.86. The molecule has 2 heterocycles. The molecule has 0 amide bonds. The van der Waals surface area contributed by atoms with Crippen LogP contribution < -0.4 is 4.74 Å². The lowest BCUT2D eigenvalue weighted by Gasteiger charge is -2.38. The highest BCUT2D eigenvalue weighted by Crippen LogP contribution is 2.33. The van der Waals surface area contributed by atoms with Gasteiger partial charge in [0.1, 0.15) is 17.4 Å². The number of hydrogen-bond donors (Lipinski definition) is 1. The number of aromatic nitrogens is 1. The van der Waals surface area contributed by atoms with Crippen LogP contribution in [-0.4, -0.2) is 59.2 Å². The Hall–Kier alpha value is -3.11. The molecule has 1 fully saturated rings. The first-order valence-corrected chi connectivity index (χ1v) is 13.4. The van der Waals surface area contributed by atoms with Crippen molar-refractivity contribution in [3.8, 4) is 5.75 Å². The van der Waals surface area contributed by atoms with Crippen LogP contribution in [0.3, 0.4) is 0 Å². The van der Waals surface area contributed by atoms with E-state index in [-0.39, 0.29) is 40.9 Å². The molecule has 2 unspecified atom stereocenters. The average Bonchev–Trinajstić information content (AvgIpc) is 2.89. The molecule has 2 atom stereocenters. The van der Waals surface area contributed by atoms with Crippen LogP contribution in [0.5, 0.6) is 5.75 Å². The van der Waals surface area contributed by atoms with E-state index < -0.39 is 23.4 Å². The van der Waals surface area contributed by atoms with Crippen molar-refractivity contribution in [3.63, 3.8) is 0 Å². The highest BCUT2D eigenvalue weighted by atomic mass is 32.2. The summed E-state index contributed by atoms with van der Waals surface area (Å²) < 4.78 is 47.2. The number of pyridine rings is 1. The van der Waals surface area contributed by atoms with Gasteiger partial charge in [0.05, 0.1) is 24.4 Å². The lowest BCUT2D eigenvalue weighted by atomic mass is 9.79. The third-order valence-corrected chi connectivity index (χ3v) is 8.03. The number of benzene rings is 2. The number of nitrogens with zero attached hydrogens (tertiary/aromatic N) is 2. The van der Waals surface area contributed by atoms with Gasteiger partial charge >= 0.3 is 5.97 Å². The SMILES string of the molecule is COc1ccc2ncc(F)c(C(=O)CCC3CCN(CCSc4cc(F)ccc4F)CC3CC(=O)O)c2c1. The molecule has 202 valence electrons. The van der Waals surface area contributed by atoms with Gasteiger partial charge < -0.3 is 14.7 Å². The Bertz CT molecular complexity index is 1320. The number of fused-ring (bicyclic) bond motifs is 1. The molecule has 0 radical (unpaired) electrons. The Balaban J connectivity index is 1.38. The Morgan fingerprint density at radius 1 is 1.13 bits per heavy atom. The number of aliphatic carboxylic acids is 1. The van der Waals surface area contributed by atoms with Crippen LogP contribution >= 0.6 is 11.8 Å². The van der Waals surface area contributed by atoms with E-state index in [1.807, 2.05) is 0 Å². The van der Waals surface area contributed by atoms with Gasteiger partial charge in [0.15, 0.2) is 11.6 Å². The Morgan fingerprint density at radius 3 is 2.71 bits per heavy atom. The molecule has 0 bridgehead atoms. The van der Waals surface area contributed by atoms with Crippen molar-refractivity contribution in [1.29, 1.82) is 0 Å². The van der Waals surface area contributed by atoms with E-state index in [2.05, 4.69) is 9.88 Å². The number of thioether (sulfide) groups is 1. The highest BCUT2D eigenvalue weighted by molar-refractivity contribution is 7.99. The Morgan fingerprint density at radius 2 is 1.95 bits per heavy atom. The van der Waals surface area contributed by atoms with E-state index in [0.717, 1.165) is 18.3 Å². The standard InChI is InChI=1S/C28H29F3N2O4S/c1-37-20-4-6-24-21(14-20)28(23(31)15-32-24)25(34)7-2-17-8-9-33(16-18(17)12-27(35)36)10-11-38-26-13-19(29)3-5-22(26)30/h3-6,13-15,17-18H,2,7-12,16H2,1H3,(H,35,36). The maximum Gasteiger partial charge on any atom is 0.303 e. The lowest BCUT2D eigenvalue weighted by molar-refractivity contribution is -0.139. The molecule has 10 heteroatoms. The second kappa shape index (κ2) is 12.6. The number of ketones is 1. The summed E-state index contributed by atoms with van der Waals surface area (Å²) >= 11 is 1.22. The van der Waals surface area contributed by atoms with Gasteiger partial charge in [0.25, 0.3) is 0 Å². The average molecular weight is 547 g/mol. The number of ether oxygens (including phenoxy) is 1. The number of carboxylic acid groups (broad SMARTS) is 1. The summed E-state index contributed by atoms with van der Waals surface area (Å²) in [7, 11) is 1.49. The summed E-state index contributed by atoms with van der Waals surface area (Å²) in [5.41, 5.74) is 0.464. The molecule has 0 saturated carbocycles. The first-order chi connectivity index (χ1) is 18.2. The van der Waals surface area contributed by atoms with Crippen LogP contribution in [0.25, 0.3) is 10.9 Å². The van der Waals surface area contributed by atoms with Crippen LogP contribution in [0.4, 0.5) is 13.2 Å². The van der Waals surface area contributed by atoms with E-state index >= 15 is 0 Å². The van der Waals surface area contributed by atoms with Crippen LogP contribution in [0.2, 0.25) is 0 Å². The predicted molar refractivity (Wildman–Crippen MR) is 139 cm³/mol.